The summed E-state index contributed by atoms with van der Waals surface area (Å²) in [7, 11) is -0.601. The van der Waals surface area contributed by atoms with Gasteiger partial charge in [0.2, 0.25) is 10.0 Å². The van der Waals surface area contributed by atoms with Crippen molar-refractivity contribution >= 4 is 44.5 Å². The smallest absolute Gasteiger partial charge is 0.246 e. The van der Waals surface area contributed by atoms with Gasteiger partial charge in [-0.05, 0) is 30.3 Å². The summed E-state index contributed by atoms with van der Waals surface area (Å²) in [6, 6.07) is 10.5. The Morgan fingerprint density at radius 3 is 2.78 bits per heavy atom. The zero-order valence-electron chi connectivity index (χ0n) is 14.7. The molecule has 0 N–H and O–H groups in total. The summed E-state index contributed by atoms with van der Waals surface area (Å²) in [5.74, 6) is 1.97. The fourth-order valence-electron chi connectivity index (χ4n) is 3.09. The zero-order valence-corrected chi connectivity index (χ0v) is 17.1. The average Bonchev–Trinajstić information content (AvgIpc) is 3.36. The van der Waals surface area contributed by atoms with Crippen LogP contribution in [0.25, 0.3) is 11.0 Å². The van der Waals surface area contributed by atoms with Crippen LogP contribution in [0.5, 0.6) is 11.5 Å². The van der Waals surface area contributed by atoms with Gasteiger partial charge < -0.3 is 9.47 Å². The molecule has 0 amide bonds. The molecule has 0 aliphatic carbocycles. The van der Waals surface area contributed by atoms with Crippen LogP contribution in [0, 0.1) is 0 Å². The molecule has 0 radical (unpaired) electrons. The molecule has 1 atom stereocenters. The largest absolute Gasteiger partial charge is 0.497 e. The molecule has 10 heteroatoms. The molecule has 2 aromatic carbocycles. The second kappa shape index (κ2) is 7.27. The molecule has 1 aliphatic heterocycles. The van der Waals surface area contributed by atoms with Crippen LogP contribution >= 0.6 is 23.5 Å². The van der Waals surface area contributed by atoms with Gasteiger partial charge in [0.05, 0.1) is 31.3 Å². The van der Waals surface area contributed by atoms with Crippen molar-refractivity contribution in [1.29, 1.82) is 0 Å². The van der Waals surface area contributed by atoms with E-state index in [2.05, 4.69) is 8.75 Å². The van der Waals surface area contributed by atoms with Crippen molar-refractivity contribution in [2.24, 2.45) is 0 Å². The van der Waals surface area contributed by atoms with Crippen molar-refractivity contribution in [3.8, 4) is 11.5 Å². The van der Waals surface area contributed by atoms with Crippen LogP contribution in [0.15, 0.2) is 41.3 Å². The summed E-state index contributed by atoms with van der Waals surface area (Å²) in [5, 5.41) is -0.401. The monoisotopic (exact) mass is 423 g/mol. The molecule has 7 nitrogen and oxygen atoms in total. The second-order valence-corrected chi connectivity index (χ2v) is 9.41. The highest BCUT2D eigenvalue weighted by Crippen LogP contribution is 2.46. The topological polar surface area (TPSA) is 81.6 Å². The summed E-state index contributed by atoms with van der Waals surface area (Å²) >= 11 is 2.57. The van der Waals surface area contributed by atoms with E-state index in [0.29, 0.717) is 34.8 Å². The van der Waals surface area contributed by atoms with Crippen molar-refractivity contribution in [3.63, 3.8) is 0 Å². The lowest BCUT2D eigenvalue weighted by molar-refractivity contribution is 0.383. The van der Waals surface area contributed by atoms with Crippen molar-refractivity contribution in [2.45, 2.75) is 10.3 Å². The molecule has 3 aromatic rings. The normalized spacial score (nSPS) is 18.1. The third-order valence-corrected chi connectivity index (χ3v) is 8.20. The van der Waals surface area contributed by atoms with Crippen LogP contribution in [0.2, 0.25) is 0 Å². The summed E-state index contributed by atoms with van der Waals surface area (Å²) in [6.07, 6.45) is 0. The van der Waals surface area contributed by atoms with Gasteiger partial charge in [0.25, 0.3) is 0 Å². The maximum absolute atomic E-state index is 13.5. The van der Waals surface area contributed by atoms with Gasteiger partial charge in [0.1, 0.15) is 27.4 Å². The fourth-order valence-corrected chi connectivity index (χ4v) is 7.10. The van der Waals surface area contributed by atoms with Crippen LogP contribution in [0.1, 0.15) is 10.9 Å². The number of benzene rings is 2. The van der Waals surface area contributed by atoms with E-state index in [0.717, 1.165) is 17.3 Å². The van der Waals surface area contributed by atoms with Crippen molar-refractivity contribution in [2.75, 3.05) is 26.5 Å². The van der Waals surface area contributed by atoms with Crippen molar-refractivity contribution in [3.05, 3.63) is 42.0 Å². The van der Waals surface area contributed by atoms with E-state index in [-0.39, 0.29) is 4.90 Å². The van der Waals surface area contributed by atoms with E-state index >= 15 is 0 Å². The zero-order chi connectivity index (χ0) is 19.0. The lowest BCUT2D eigenvalue weighted by Gasteiger charge is -2.25. The van der Waals surface area contributed by atoms with Crippen LogP contribution in [-0.4, -0.2) is 48.0 Å². The van der Waals surface area contributed by atoms with Gasteiger partial charge in [-0.1, -0.05) is 6.07 Å². The molecule has 1 unspecified atom stereocenters. The van der Waals surface area contributed by atoms with E-state index in [4.69, 9.17) is 9.47 Å². The highest BCUT2D eigenvalue weighted by molar-refractivity contribution is 8.01. The van der Waals surface area contributed by atoms with Gasteiger partial charge in [-0.2, -0.15) is 13.1 Å². The molecule has 0 saturated carbocycles. The number of nitrogens with zero attached hydrogens (tertiary/aromatic N) is 3. The van der Waals surface area contributed by atoms with Crippen LogP contribution in [0.3, 0.4) is 0 Å². The van der Waals surface area contributed by atoms with Gasteiger partial charge >= 0.3 is 0 Å². The number of methoxy groups -OCH3 is 2. The standard InChI is InChI=1S/C17H17N3O4S3/c1-23-11-6-7-14(24-2)12(10-11)17-20(8-9-25-17)27(21,22)15-5-3-4-13-16(15)19-26-18-13/h3-7,10,17H,8-9H2,1-2H3. The summed E-state index contributed by atoms with van der Waals surface area (Å²) < 4.78 is 47.6. The molecule has 142 valence electrons. The Morgan fingerprint density at radius 1 is 1.15 bits per heavy atom. The lowest BCUT2D eigenvalue weighted by Crippen LogP contribution is -2.31. The lowest BCUT2D eigenvalue weighted by atomic mass is 10.2. The quantitative estimate of drug-likeness (QED) is 0.623. The molecule has 1 saturated heterocycles. The van der Waals surface area contributed by atoms with Crippen LogP contribution in [-0.2, 0) is 10.0 Å². The summed E-state index contributed by atoms with van der Waals surface area (Å²) in [6.45, 7) is 0.409. The Kier molecular flexibility index (Phi) is 4.97. The number of thioether (sulfide) groups is 1. The van der Waals surface area contributed by atoms with E-state index in [9.17, 15) is 8.42 Å². The summed E-state index contributed by atoms with van der Waals surface area (Å²) in [5.41, 5.74) is 1.77. The number of hydrogen-bond acceptors (Lipinski definition) is 8. The molecule has 0 spiro atoms. The molecule has 1 aliphatic rings. The minimum atomic E-state index is -3.76. The molecule has 0 bridgehead atoms. The maximum atomic E-state index is 13.5. The van der Waals surface area contributed by atoms with E-state index in [1.807, 2.05) is 6.07 Å². The first kappa shape index (κ1) is 18.5. The molecule has 1 fully saturated rings. The Hall–Kier alpha value is -1.88. The maximum Gasteiger partial charge on any atom is 0.246 e. The molecular weight excluding hydrogens is 406 g/mol. The van der Waals surface area contributed by atoms with Crippen LogP contribution in [0.4, 0.5) is 0 Å². The molecule has 4 rings (SSSR count). The molecular formula is C17H17N3O4S3. The number of ether oxygens (including phenoxy) is 2. The SMILES string of the molecule is COc1ccc(OC)c(C2SCCN2S(=O)(=O)c2cccc3nsnc23)c1. The Bertz CT molecular complexity index is 1080. The fraction of sp³-hybridized carbons (Fsp3) is 0.294. The molecule has 27 heavy (non-hydrogen) atoms. The van der Waals surface area contributed by atoms with Gasteiger partial charge in [0, 0.05) is 17.9 Å². The third kappa shape index (κ3) is 3.16. The average molecular weight is 424 g/mol. The van der Waals surface area contributed by atoms with Crippen molar-refractivity contribution in [1.82, 2.24) is 13.1 Å². The number of aromatic nitrogens is 2. The minimum Gasteiger partial charge on any atom is -0.497 e. The van der Waals surface area contributed by atoms with Crippen LogP contribution < -0.4 is 9.47 Å². The predicted octanol–water partition coefficient (Wildman–Crippen LogP) is 3.14. The minimum absolute atomic E-state index is 0.183. The molecule has 2 heterocycles. The molecule has 1 aromatic heterocycles. The number of rotatable bonds is 5. The number of sulfonamides is 1. The highest BCUT2D eigenvalue weighted by Gasteiger charge is 2.39. The van der Waals surface area contributed by atoms with E-state index < -0.39 is 15.4 Å². The first-order valence-electron chi connectivity index (χ1n) is 8.13. The third-order valence-electron chi connectivity index (χ3n) is 4.39. The first-order chi connectivity index (χ1) is 13.1. The van der Waals surface area contributed by atoms with Gasteiger partial charge in [0.15, 0.2) is 0 Å². The van der Waals surface area contributed by atoms with E-state index in [1.54, 1.807) is 56.3 Å². The highest BCUT2D eigenvalue weighted by atomic mass is 32.2. The Balaban J connectivity index is 1.81. The van der Waals surface area contributed by atoms with Gasteiger partial charge in [-0.3, -0.25) is 0 Å². The predicted molar refractivity (Wildman–Crippen MR) is 106 cm³/mol. The Labute approximate surface area is 165 Å². The number of hydrogen-bond donors (Lipinski definition) is 0. The van der Waals surface area contributed by atoms with Gasteiger partial charge in [-0.25, -0.2) is 8.42 Å². The van der Waals surface area contributed by atoms with E-state index in [1.165, 1.54) is 4.31 Å². The second-order valence-electron chi connectivity index (χ2n) is 5.83. The first-order valence-corrected chi connectivity index (χ1v) is 11.3. The van der Waals surface area contributed by atoms with Crippen molar-refractivity contribution < 1.29 is 17.9 Å². The van der Waals surface area contributed by atoms with Gasteiger partial charge in [-0.15, -0.1) is 11.8 Å². The summed E-state index contributed by atoms with van der Waals surface area (Å²) in [4.78, 5) is 0.183. The Morgan fingerprint density at radius 2 is 2.00 bits per heavy atom. The number of fused-ring (bicyclic) bond motifs is 1.